The first-order chi connectivity index (χ1) is 51.4. The molecular formula is C89H117NO17S. The van der Waals surface area contributed by atoms with Gasteiger partial charge in [-0.3, -0.25) is 47.9 Å². The van der Waals surface area contributed by atoms with Crippen LogP contribution >= 0.6 is 12.2 Å². The number of aromatic hydroxyl groups is 1. The summed E-state index contributed by atoms with van der Waals surface area (Å²) >= 11 is 5.84. The molecule has 18 nitrogen and oxygen atoms in total. The van der Waals surface area contributed by atoms with Gasteiger partial charge in [0, 0.05) is 140 Å². The predicted octanol–water partition coefficient (Wildman–Crippen LogP) is 17.3. The summed E-state index contributed by atoms with van der Waals surface area (Å²) in [6.07, 6.45) is 16.9. The third-order valence-corrected chi connectivity index (χ3v) is 23.0. The van der Waals surface area contributed by atoms with E-state index in [1.807, 2.05) is 64.1 Å². The minimum Gasteiger partial charge on any atom is -0.508 e. The van der Waals surface area contributed by atoms with Crippen molar-refractivity contribution < 1.29 is 77.5 Å². The number of amides is 1. The second-order valence-electron chi connectivity index (χ2n) is 31.8. The van der Waals surface area contributed by atoms with E-state index in [-0.39, 0.29) is 176 Å². The van der Waals surface area contributed by atoms with E-state index in [2.05, 4.69) is 6.92 Å². The number of aromatic carboxylic acids is 1. The summed E-state index contributed by atoms with van der Waals surface area (Å²) in [5, 5.41) is 42.2. The van der Waals surface area contributed by atoms with Crippen LogP contribution in [0.1, 0.15) is 275 Å². The quantitative estimate of drug-likeness (QED) is 0.00925. The Morgan fingerprint density at radius 3 is 2.06 bits per heavy atom. The number of fused-ring (bicyclic) bond motifs is 2. The van der Waals surface area contributed by atoms with Crippen molar-refractivity contribution in [3.05, 3.63) is 123 Å². The van der Waals surface area contributed by atoms with Crippen LogP contribution in [0.4, 0.5) is 0 Å². The summed E-state index contributed by atoms with van der Waals surface area (Å²) in [6, 6.07) is 20.6. The highest BCUT2D eigenvalue weighted by molar-refractivity contribution is 7.80. The van der Waals surface area contributed by atoms with Crippen LogP contribution < -0.4 is 5.43 Å². The molecule has 586 valence electrons. The molecule has 2 heterocycles. The van der Waals surface area contributed by atoms with E-state index in [1.165, 1.54) is 24.3 Å². The number of carbonyl (C=O) groups excluding carboxylic acids is 9. The zero-order chi connectivity index (χ0) is 78.9. The number of hydrogen-bond acceptors (Lipinski definition) is 17. The number of likely N-dealkylation sites (tertiary alicyclic amines) is 1. The van der Waals surface area contributed by atoms with Crippen molar-refractivity contribution in [2.24, 2.45) is 34.0 Å². The SMILES string of the molecule is CCCCCC(O)/C=C/C1C(O)CC(=O)C1CCCCCCC(=O)OCc1ccc(CC(=O)C(CCCC)CC(=O)C2CCCN2C(=O)CCC(=O)CCC(=O)C(C)(C)CC(C)(CC(C)(CC)C(=O)CC)C(=O)CCCCCC(=S)Cc2ccc(-c3c4ccc(=O)cc-4oc4cc(O)ccc34)c(C(=O)O)c2)cc1. The van der Waals surface area contributed by atoms with Gasteiger partial charge in [-0.2, -0.15) is 0 Å². The summed E-state index contributed by atoms with van der Waals surface area (Å²) < 4.78 is 11.5. The molecule has 8 unspecified atom stereocenters. The Bertz CT molecular complexity index is 4030. The third kappa shape index (κ3) is 25.0. The average Bonchev–Trinajstić information content (AvgIpc) is 0.835. The van der Waals surface area contributed by atoms with Crippen molar-refractivity contribution in [1.29, 1.82) is 0 Å². The zero-order valence-corrected chi connectivity index (χ0v) is 65.9. The second kappa shape index (κ2) is 41.7. The fraction of sp³-hybridized carbons (Fsp3) is 0.573. The van der Waals surface area contributed by atoms with Gasteiger partial charge in [-0.25, -0.2) is 4.79 Å². The van der Waals surface area contributed by atoms with Crippen LogP contribution in [-0.2, 0) is 67.3 Å². The molecule has 2 fully saturated rings. The van der Waals surface area contributed by atoms with Gasteiger partial charge in [-0.1, -0.05) is 174 Å². The number of thiocarbonyl (C=S) groups is 1. The molecule has 108 heavy (non-hydrogen) atoms. The van der Waals surface area contributed by atoms with Gasteiger partial charge in [0.1, 0.15) is 58.4 Å². The molecule has 0 radical (unpaired) electrons. The first kappa shape index (κ1) is 87.2. The van der Waals surface area contributed by atoms with Gasteiger partial charge in [0.2, 0.25) is 5.91 Å². The van der Waals surface area contributed by atoms with Crippen molar-refractivity contribution >= 4 is 86.4 Å². The maximum atomic E-state index is 14.6. The van der Waals surface area contributed by atoms with E-state index < -0.39 is 46.4 Å². The number of hydrogen-bond donors (Lipinski definition) is 4. The van der Waals surface area contributed by atoms with Crippen LogP contribution in [0, 0.1) is 34.0 Å². The number of carbonyl (C=O) groups is 10. The topological polar surface area (TPSA) is 294 Å². The van der Waals surface area contributed by atoms with Gasteiger partial charge < -0.3 is 34.5 Å². The molecule has 2 aliphatic heterocycles. The molecule has 19 heteroatoms. The van der Waals surface area contributed by atoms with Gasteiger partial charge in [-0.05, 0) is 135 Å². The summed E-state index contributed by atoms with van der Waals surface area (Å²) in [6.45, 7) is 15.6. The number of aliphatic hydroxyl groups excluding tert-OH is 2. The normalized spacial score (nSPS) is 17.7. The highest BCUT2D eigenvalue weighted by Crippen LogP contribution is 2.48. The predicted molar refractivity (Wildman–Crippen MR) is 423 cm³/mol. The number of benzene rings is 4. The van der Waals surface area contributed by atoms with E-state index in [0.717, 1.165) is 62.5 Å². The number of unbranched alkanes of at least 4 members (excludes halogenated alkanes) is 8. The number of phenols is 1. The van der Waals surface area contributed by atoms with Crippen molar-refractivity contribution in [3.8, 4) is 28.2 Å². The van der Waals surface area contributed by atoms with E-state index in [4.69, 9.17) is 21.4 Å². The maximum Gasteiger partial charge on any atom is 0.336 e. The number of carboxylic acid groups (broad SMARTS) is 1. The molecule has 1 saturated heterocycles. The summed E-state index contributed by atoms with van der Waals surface area (Å²) in [7, 11) is 0. The number of rotatable bonds is 49. The Morgan fingerprint density at radius 1 is 0.676 bits per heavy atom. The fourth-order valence-electron chi connectivity index (χ4n) is 16.3. The molecule has 3 aromatic carbocycles. The van der Waals surface area contributed by atoms with Crippen LogP contribution in [0.5, 0.6) is 5.75 Å². The number of nitrogens with zero attached hydrogens (tertiary/aromatic N) is 1. The van der Waals surface area contributed by atoms with Crippen molar-refractivity contribution in [1.82, 2.24) is 4.90 Å². The number of aliphatic hydroxyl groups is 2. The second-order valence-corrected chi connectivity index (χ2v) is 32.4. The fourth-order valence-corrected chi connectivity index (χ4v) is 16.6. The molecule has 0 bridgehead atoms. The van der Waals surface area contributed by atoms with Gasteiger partial charge in [0.05, 0.1) is 23.8 Å². The Kier molecular flexibility index (Phi) is 33.7. The highest BCUT2D eigenvalue weighted by Gasteiger charge is 2.47. The molecule has 4 aliphatic rings. The minimum atomic E-state index is -1.16. The number of phenolic OH excluding ortho intramolecular Hbond substituents is 1. The average molecular weight is 1500 g/mol. The summed E-state index contributed by atoms with van der Waals surface area (Å²) in [5.41, 5.74) is 0.756. The van der Waals surface area contributed by atoms with Crippen molar-refractivity contribution in [3.63, 3.8) is 0 Å². The largest absolute Gasteiger partial charge is 0.508 e. The number of ether oxygens (including phenoxy) is 1. The Morgan fingerprint density at radius 2 is 1.35 bits per heavy atom. The van der Waals surface area contributed by atoms with Gasteiger partial charge >= 0.3 is 11.9 Å². The zero-order valence-electron chi connectivity index (χ0n) is 65.1. The smallest absolute Gasteiger partial charge is 0.336 e. The molecule has 7 rings (SSSR count). The lowest BCUT2D eigenvalue weighted by molar-refractivity contribution is -0.145. The first-order valence-corrected chi connectivity index (χ1v) is 40.2. The molecule has 3 aromatic rings. The van der Waals surface area contributed by atoms with Crippen molar-refractivity contribution in [2.75, 3.05) is 6.54 Å². The maximum absolute atomic E-state index is 14.6. The number of Topliss-reactive ketones (excluding diaryl/α,β-unsaturated/α-hetero) is 7. The molecule has 1 saturated carbocycles. The van der Waals surface area contributed by atoms with E-state index in [0.29, 0.717) is 116 Å². The summed E-state index contributed by atoms with van der Waals surface area (Å²) in [4.78, 5) is 151. The minimum absolute atomic E-state index is 0.00837. The van der Waals surface area contributed by atoms with Gasteiger partial charge in [0.15, 0.2) is 11.2 Å². The number of esters is 1. The highest BCUT2D eigenvalue weighted by atomic mass is 32.1. The monoisotopic (exact) mass is 1500 g/mol. The third-order valence-electron chi connectivity index (χ3n) is 22.7. The molecule has 2 aliphatic carbocycles. The van der Waals surface area contributed by atoms with Crippen LogP contribution in [-0.4, -0.2) is 113 Å². The van der Waals surface area contributed by atoms with Crippen LogP contribution in [0.2, 0.25) is 0 Å². The number of carboxylic acids is 1. The lowest BCUT2D eigenvalue weighted by Crippen LogP contribution is -2.42. The Labute approximate surface area is 643 Å². The molecule has 1 amide bonds. The van der Waals surface area contributed by atoms with Crippen molar-refractivity contribution in [2.45, 2.75) is 286 Å². The van der Waals surface area contributed by atoms with Gasteiger partial charge in [-0.15, -0.1) is 0 Å². The first-order valence-electron chi connectivity index (χ1n) is 39.8. The molecule has 8 atom stereocenters. The molecular weight excluding hydrogens is 1390 g/mol. The lowest BCUT2D eigenvalue weighted by Gasteiger charge is -2.41. The van der Waals surface area contributed by atoms with Crippen LogP contribution in [0.25, 0.3) is 33.4 Å². The standard InChI is InChI=1S/C89H117NO17S/c1-9-13-18-25-62(91)36-42-68-67(75(96)54-76(68)97)27-20-15-16-22-30-84(103)106-55-59-33-31-58(32-34-59)50-74(95)61(24-14-10-2)51-77(98)73-28-23-47-90(73)83(102)46-40-63(92)39-45-81(100)87(5,6)56-89(8,57-88(7,12-4)80(99)11-3)82(101)29-21-17-19-26-66(108)48-60-35-41-69(72(49-60)86(104)105)85-70-43-37-64(93)52-78(70)107-79-53-65(94)38-44-71(79)85/h31-38,41-44,49,52-53,61-62,67-68,73,76,91,93,97H,9-30,39-40,45-48,50-51,54-57H2,1-8H3,(H,104,105)/b42-36+. The summed E-state index contributed by atoms with van der Waals surface area (Å²) in [5.74, 6) is -3.44. The Balaban J connectivity index is 0.835. The van der Waals surface area contributed by atoms with E-state index in [1.54, 1.807) is 56.0 Å². The molecule has 0 aromatic heterocycles. The Hall–Kier alpha value is -8.00. The lowest BCUT2D eigenvalue weighted by atomic mass is 9.60. The molecule has 0 spiro atoms. The van der Waals surface area contributed by atoms with Gasteiger partial charge in [0.25, 0.3) is 0 Å². The van der Waals surface area contributed by atoms with E-state index in [9.17, 15) is 73.2 Å². The van der Waals surface area contributed by atoms with E-state index >= 15 is 0 Å². The number of ketones is 7. The van der Waals surface area contributed by atoms with Crippen LogP contribution in [0.3, 0.4) is 0 Å². The molecule has 4 N–H and O–H groups in total. The van der Waals surface area contributed by atoms with Crippen LogP contribution in [0.15, 0.2) is 100 Å².